The number of benzene rings is 1. The number of nitrogens with one attached hydrogen (secondary N) is 2. The van der Waals surface area contributed by atoms with Crippen molar-refractivity contribution in [2.45, 2.75) is 45.2 Å². The molecule has 2 unspecified atom stereocenters. The topological polar surface area (TPSA) is 78.4 Å². The summed E-state index contributed by atoms with van der Waals surface area (Å²) in [5, 5.41) is 14.8. The lowest BCUT2D eigenvalue weighted by atomic mass is 10.1. The molecule has 0 bridgehead atoms. The molecular formula is C15H21ClN2O3. The molecule has 0 aliphatic rings. The molecule has 1 rings (SSSR count). The molecule has 0 aromatic heterocycles. The summed E-state index contributed by atoms with van der Waals surface area (Å²) in [6.45, 7) is 3.71. The van der Waals surface area contributed by atoms with Gasteiger partial charge in [0.15, 0.2) is 0 Å². The van der Waals surface area contributed by atoms with Crippen LogP contribution in [0.3, 0.4) is 0 Å². The van der Waals surface area contributed by atoms with Gasteiger partial charge in [0.25, 0.3) is 0 Å². The van der Waals surface area contributed by atoms with Crippen molar-refractivity contribution in [3.8, 4) is 0 Å². The summed E-state index contributed by atoms with van der Waals surface area (Å²) < 4.78 is 0. The van der Waals surface area contributed by atoms with Crippen LogP contribution in [0.4, 0.5) is 4.79 Å². The zero-order valence-electron chi connectivity index (χ0n) is 12.2. The van der Waals surface area contributed by atoms with Crippen LogP contribution in [0.5, 0.6) is 0 Å². The smallest absolute Gasteiger partial charge is 0.315 e. The van der Waals surface area contributed by atoms with Crippen LogP contribution >= 0.6 is 11.6 Å². The lowest BCUT2D eigenvalue weighted by Crippen LogP contribution is -2.41. The van der Waals surface area contributed by atoms with E-state index in [1.165, 1.54) is 0 Å². The second kappa shape index (κ2) is 8.52. The van der Waals surface area contributed by atoms with Gasteiger partial charge in [0.1, 0.15) is 0 Å². The van der Waals surface area contributed by atoms with Crippen molar-refractivity contribution in [3.63, 3.8) is 0 Å². The molecule has 6 heteroatoms. The maximum atomic E-state index is 11.9. The van der Waals surface area contributed by atoms with Crippen molar-refractivity contribution in [2.75, 3.05) is 0 Å². The summed E-state index contributed by atoms with van der Waals surface area (Å²) in [7, 11) is 0. The van der Waals surface area contributed by atoms with E-state index in [9.17, 15) is 9.59 Å². The first-order chi connectivity index (χ1) is 9.90. The zero-order valence-corrected chi connectivity index (χ0v) is 13.0. The molecule has 5 nitrogen and oxygen atoms in total. The molecule has 0 heterocycles. The van der Waals surface area contributed by atoms with Gasteiger partial charge in [0, 0.05) is 17.5 Å². The molecule has 2 atom stereocenters. The molecule has 1 aromatic rings. The number of halogens is 1. The molecule has 0 spiro atoms. The molecule has 116 valence electrons. The van der Waals surface area contributed by atoms with Crippen LogP contribution in [0.1, 0.15) is 44.7 Å². The van der Waals surface area contributed by atoms with Crippen molar-refractivity contribution in [2.24, 2.45) is 0 Å². The minimum absolute atomic E-state index is 0.0807. The van der Waals surface area contributed by atoms with Crippen LogP contribution in [0.25, 0.3) is 0 Å². The summed E-state index contributed by atoms with van der Waals surface area (Å²) in [6, 6.07) is 6.78. The van der Waals surface area contributed by atoms with Crippen LogP contribution in [-0.4, -0.2) is 23.1 Å². The number of hydrogen-bond donors (Lipinski definition) is 3. The quantitative estimate of drug-likeness (QED) is 0.722. The fourth-order valence-corrected chi connectivity index (χ4v) is 2.30. The number of aliphatic carboxylic acids is 1. The first-order valence-electron chi connectivity index (χ1n) is 6.93. The Balaban J connectivity index is 2.39. The summed E-state index contributed by atoms with van der Waals surface area (Å²) in [4.78, 5) is 22.3. The molecule has 21 heavy (non-hydrogen) atoms. The van der Waals surface area contributed by atoms with Gasteiger partial charge in [0.05, 0.1) is 6.04 Å². The van der Waals surface area contributed by atoms with E-state index in [0.29, 0.717) is 17.9 Å². The van der Waals surface area contributed by atoms with Crippen LogP contribution < -0.4 is 10.6 Å². The number of carbonyl (C=O) groups is 2. The Morgan fingerprint density at radius 1 is 1.24 bits per heavy atom. The van der Waals surface area contributed by atoms with Crippen molar-refractivity contribution >= 4 is 23.6 Å². The molecule has 1 aromatic carbocycles. The Hall–Kier alpha value is -1.75. The summed E-state index contributed by atoms with van der Waals surface area (Å²) in [5.74, 6) is -0.820. The van der Waals surface area contributed by atoms with Crippen molar-refractivity contribution in [1.82, 2.24) is 10.6 Å². The Kier molecular flexibility index (Phi) is 7.02. The van der Waals surface area contributed by atoms with E-state index < -0.39 is 5.97 Å². The normalized spacial score (nSPS) is 13.3. The van der Waals surface area contributed by atoms with Crippen LogP contribution in [0.2, 0.25) is 5.02 Å². The molecule has 0 aliphatic heterocycles. The van der Waals surface area contributed by atoms with Gasteiger partial charge in [-0.05, 0) is 38.3 Å². The largest absolute Gasteiger partial charge is 0.481 e. The van der Waals surface area contributed by atoms with E-state index >= 15 is 0 Å². The SMILES string of the molecule is CC(CCCC(=O)O)NC(=O)NC(C)c1ccccc1Cl. The predicted molar refractivity (Wildman–Crippen MR) is 82.5 cm³/mol. The third kappa shape index (κ3) is 6.49. The molecular weight excluding hydrogens is 292 g/mol. The van der Waals surface area contributed by atoms with E-state index in [1.54, 1.807) is 6.07 Å². The van der Waals surface area contributed by atoms with Gasteiger partial charge in [-0.25, -0.2) is 4.79 Å². The zero-order chi connectivity index (χ0) is 15.8. The highest BCUT2D eigenvalue weighted by Crippen LogP contribution is 2.21. The summed E-state index contributed by atoms with van der Waals surface area (Å²) >= 11 is 6.08. The Labute approximate surface area is 129 Å². The van der Waals surface area contributed by atoms with E-state index in [-0.39, 0.29) is 24.5 Å². The number of carbonyl (C=O) groups excluding carboxylic acids is 1. The lowest BCUT2D eigenvalue weighted by Gasteiger charge is -2.19. The predicted octanol–water partition coefficient (Wildman–Crippen LogP) is 3.34. The highest BCUT2D eigenvalue weighted by atomic mass is 35.5. The van der Waals surface area contributed by atoms with Gasteiger partial charge in [-0.3, -0.25) is 4.79 Å². The second-order valence-electron chi connectivity index (χ2n) is 5.05. The second-order valence-corrected chi connectivity index (χ2v) is 5.46. The third-order valence-corrected chi connectivity index (χ3v) is 3.47. The van der Waals surface area contributed by atoms with E-state index in [4.69, 9.17) is 16.7 Å². The average molecular weight is 313 g/mol. The highest BCUT2D eigenvalue weighted by Gasteiger charge is 2.13. The molecule has 0 radical (unpaired) electrons. The molecule has 0 saturated carbocycles. The fourth-order valence-electron chi connectivity index (χ4n) is 2.00. The van der Waals surface area contributed by atoms with Crippen molar-refractivity contribution in [3.05, 3.63) is 34.9 Å². The average Bonchev–Trinajstić information content (AvgIpc) is 2.38. The maximum Gasteiger partial charge on any atom is 0.315 e. The number of hydrogen-bond acceptors (Lipinski definition) is 2. The van der Waals surface area contributed by atoms with Gasteiger partial charge in [-0.15, -0.1) is 0 Å². The van der Waals surface area contributed by atoms with E-state index in [1.807, 2.05) is 32.0 Å². The van der Waals surface area contributed by atoms with Crippen molar-refractivity contribution in [1.29, 1.82) is 0 Å². The first kappa shape index (κ1) is 17.3. The molecule has 2 amide bonds. The van der Waals surface area contributed by atoms with Gasteiger partial charge in [-0.1, -0.05) is 29.8 Å². The number of amides is 2. The van der Waals surface area contributed by atoms with Gasteiger partial charge in [-0.2, -0.15) is 0 Å². The van der Waals surface area contributed by atoms with Gasteiger partial charge >= 0.3 is 12.0 Å². The summed E-state index contributed by atoms with van der Waals surface area (Å²) in [5.41, 5.74) is 0.854. The van der Waals surface area contributed by atoms with Crippen molar-refractivity contribution < 1.29 is 14.7 Å². The van der Waals surface area contributed by atoms with E-state index in [0.717, 1.165) is 5.56 Å². The minimum Gasteiger partial charge on any atom is -0.481 e. The molecule has 0 saturated heterocycles. The van der Waals surface area contributed by atoms with Crippen LogP contribution in [-0.2, 0) is 4.79 Å². The molecule has 3 N–H and O–H groups in total. The Bertz CT molecular complexity index is 494. The maximum absolute atomic E-state index is 11.9. The van der Waals surface area contributed by atoms with Gasteiger partial charge < -0.3 is 15.7 Å². The first-order valence-corrected chi connectivity index (χ1v) is 7.31. The molecule has 0 aliphatic carbocycles. The fraction of sp³-hybridized carbons (Fsp3) is 0.467. The minimum atomic E-state index is -0.820. The number of carboxylic acids is 1. The summed E-state index contributed by atoms with van der Waals surface area (Å²) in [6.07, 6.45) is 1.28. The molecule has 0 fully saturated rings. The van der Waals surface area contributed by atoms with Crippen LogP contribution in [0, 0.1) is 0 Å². The number of carboxylic acid groups (broad SMARTS) is 1. The standard InChI is InChI=1S/C15H21ClN2O3/c1-10(6-5-9-14(19)20)17-15(21)18-11(2)12-7-3-4-8-13(12)16/h3-4,7-8,10-11H,5-6,9H2,1-2H3,(H,19,20)(H2,17,18,21). The Morgan fingerprint density at radius 3 is 2.52 bits per heavy atom. The Morgan fingerprint density at radius 2 is 1.90 bits per heavy atom. The third-order valence-electron chi connectivity index (χ3n) is 3.12. The number of rotatable bonds is 7. The van der Waals surface area contributed by atoms with Crippen LogP contribution in [0.15, 0.2) is 24.3 Å². The van der Waals surface area contributed by atoms with Gasteiger partial charge in [0.2, 0.25) is 0 Å². The van der Waals surface area contributed by atoms with E-state index in [2.05, 4.69) is 10.6 Å². The lowest BCUT2D eigenvalue weighted by molar-refractivity contribution is -0.137. The highest BCUT2D eigenvalue weighted by molar-refractivity contribution is 6.31. The monoisotopic (exact) mass is 312 g/mol. The number of urea groups is 1.